The third kappa shape index (κ3) is 3.39. The molecule has 1 aliphatic rings. The van der Waals surface area contributed by atoms with Crippen molar-refractivity contribution in [2.45, 2.75) is 45.1 Å². The topological polar surface area (TPSA) is 112 Å². The molecule has 0 spiro atoms. The van der Waals surface area contributed by atoms with E-state index < -0.39 is 0 Å². The maximum atomic E-state index is 5.96. The van der Waals surface area contributed by atoms with Gasteiger partial charge in [0.25, 0.3) is 0 Å². The van der Waals surface area contributed by atoms with Gasteiger partial charge in [-0.3, -0.25) is 4.68 Å². The fourth-order valence-electron chi connectivity index (χ4n) is 3.99. The summed E-state index contributed by atoms with van der Waals surface area (Å²) in [5, 5.41) is 12.5. The molecule has 9 heteroatoms. The van der Waals surface area contributed by atoms with Crippen molar-refractivity contribution >= 4 is 23.1 Å². The Kier molecular flexibility index (Phi) is 4.34. The second-order valence-corrected chi connectivity index (χ2v) is 7.43. The fraction of sp³-hybridized carbons (Fsp3) is 0.350. The van der Waals surface area contributed by atoms with Crippen LogP contribution in [-0.4, -0.2) is 34.3 Å². The van der Waals surface area contributed by atoms with Crippen molar-refractivity contribution in [3.63, 3.8) is 0 Å². The van der Waals surface area contributed by atoms with Crippen molar-refractivity contribution in [2.75, 3.05) is 11.1 Å². The number of fused-ring (bicyclic) bond motifs is 1. The van der Waals surface area contributed by atoms with Gasteiger partial charge in [-0.05, 0) is 31.9 Å². The first kappa shape index (κ1) is 17.6. The number of nitrogens with one attached hydrogen (secondary N) is 1. The summed E-state index contributed by atoms with van der Waals surface area (Å²) in [5.41, 5.74) is 8.06. The zero-order chi connectivity index (χ0) is 19.8. The van der Waals surface area contributed by atoms with Gasteiger partial charge in [-0.2, -0.15) is 10.2 Å². The lowest BCUT2D eigenvalue weighted by molar-refractivity contribution is 0.330. The summed E-state index contributed by atoms with van der Waals surface area (Å²) in [7, 11) is 0. The van der Waals surface area contributed by atoms with Crippen LogP contribution in [-0.2, 0) is 0 Å². The molecule has 0 aromatic carbocycles. The summed E-state index contributed by atoms with van der Waals surface area (Å²) in [6, 6.07) is 7.95. The molecule has 4 aromatic rings. The quantitative estimate of drug-likeness (QED) is 0.549. The lowest BCUT2D eigenvalue weighted by atomic mass is 9.96. The summed E-state index contributed by atoms with van der Waals surface area (Å²) in [6.45, 7) is 1.81. The molecule has 4 heterocycles. The predicted molar refractivity (Wildman–Crippen MR) is 111 cm³/mol. The number of hydrogen-bond donors (Lipinski definition) is 2. The Morgan fingerprint density at radius 1 is 1.10 bits per heavy atom. The van der Waals surface area contributed by atoms with Crippen molar-refractivity contribution in [1.82, 2.24) is 34.3 Å². The van der Waals surface area contributed by atoms with Crippen molar-refractivity contribution in [3.8, 4) is 11.4 Å². The Balaban J connectivity index is 1.54. The first-order valence-corrected chi connectivity index (χ1v) is 9.95. The van der Waals surface area contributed by atoms with Crippen LogP contribution >= 0.6 is 0 Å². The average molecular weight is 389 g/mol. The van der Waals surface area contributed by atoms with E-state index in [1.807, 2.05) is 31.3 Å². The van der Waals surface area contributed by atoms with Crippen LogP contribution in [0.4, 0.5) is 17.5 Å². The fourth-order valence-corrected chi connectivity index (χ4v) is 3.99. The van der Waals surface area contributed by atoms with Crippen LogP contribution in [0.25, 0.3) is 17.0 Å². The summed E-state index contributed by atoms with van der Waals surface area (Å²) in [5.74, 6) is 2.39. The summed E-state index contributed by atoms with van der Waals surface area (Å²) in [4.78, 5) is 13.4. The molecule has 0 unspecified atom stereocenters. The van der Waals surface area contributed by atoms with E-state index in [-0.39, 0.29) is 0 Å². The zero-order valence-electron chi connectivity index (χ0n) is 16.3. The van der Waals surface area contributed by atoms with Gasteiger partial charge in [-0.1, -0.05) is 19.3 Å². The molecular weight excluding hydrogens is 366 g/mol. The van der Waals surface area contributed by atoms with Crippen LogP contribution in [0.1, 0.15) is 44.0 Å². The van der Waals surface area contributed by atoms with E-state index in [4.69, 9.17) is 15.8 Å². The number of nitrogens with two attached hydrogens (primary N) is 1. The number of aryl methyl sites for hydroxylation is 1. The first-order chi connectivity index (χ1) is 14.2. The molecule has 0 radical (unpaired) electrons. The first-order valence-electron chi connectivity index (χ1n) is 9.95. The lowest BCUT2D eigenvalue weighted by Crippen LogP contribution is -2.13. The molecular formula is C20H23N9. The number of rotatable bonds is 4. The number of imidazole rings is 1. The van der Waals surface area contributed by atoms with Gasteiger partial charge in [0, 0.05) is 24.5 Å². The number of aromatic nitrogens is 7. The van der Waals surface area contributed by atoms with Gasteiger partial charge in [0.15, 0.2) is 17.3 Å². The SMILES string of the molecule is Cc1nc(N)cc(-c2c(Nc3ccn(C4CCCCC4)n3)nc3cccnn23)n1. The zero-order valence-corrected chi connectivity index (χ0v) is 16.3. The van der Waals surface area contributed by atoms with E-state index >= 15 is 0 Å². The summed E-state index contributed by atoms with van der Waals surface area (Å²) in [6.07, 6.45) is 9.99. The highest BCUT2D eigenvalue weighted by Gasteiger charge is 2.20. The Labute approximate surface area is 168 Å². The molecule has 5 rings (SSSR count). The second kappa shape index (κ2) is 7.16. The highest BCUT2D eigenvalue weighted by atomic mass is 15.3. The Hall–Kier alpha value is -3.49. The molecule has 4 aromatic heterocycles. The predicted octanol–water partition coefficient (Wildman–Crippen LogP) is 3.52. The molecule has 148 valence electrons. The van der Waals surface area contributed by atoms with Crippen LogP contribution in [0.5, 0.6) is 0 Å². The summed E-state index contributed by atoms with van der Waals surface area (Å²) >= 11 is 0. The van der Waals surface area contributed by atoms with Gasteiger partial charge < -0.3 is 11.1 Å². The van der Waals surface area contributed by atoms with Gasteiger partial charge in [-0.15, -0.1) is 0 Å². The number of anilines is 3. The molecule has 9 nitrogen and oxygen atoms in total. The number of hydrogen-bond acceptors (Lipinski definition) is 7. The molecule has 1 saturated carbocycles. The van der Waals surface area contributed by atoms with Gasteiger partial charge in [0.05, 0.1) is 11.7 Å². The third-order valence-corrected chi connectivity index (χ3v) is 5.30. The van der Waals surface area contributed by atoms with Crippen LogP contribution in [0, 0.1) is 6.92 Å². The van der Waals surface area contributed by atoms with Crippen LogP contribution < -0.4 is 11.1 Å². The molecule has 0 amide bonds. The number of nitrogen functional groups attached to an aromatic ring is 1. The molecule has 1 aliphatic carbocycles. The molecule has 0 atom stereocenters. The third-order valence-electron chi connectivity index (χ3n) is 5.30. The second-order valence-electron chi connectivity index (χ2n) is 7.43. The Bertz CT molecular complexity index is 1130. The Morgan fingerprint density at radius 3 is 2.79 bits per heavy atom. The molecule has 0 bridgehead atoms. The molecule has 29 heavy (non-hydrogen) atoms. The van der Waals surface area contributed by atoms with Crippen molar-refractivity contribution in [2.24, 2.45) is 0 Å². The summed E-state index contributed by atoms with van der Waals surface area (Å²) < 4.78 is 3.82. The molecule has 0 aliphatic heterocycles. The van der Waals surface area contributed by atoms with Crippen LogP contribution in [0.2, 0.25) is 0 Å². The minimum Gasteiger partial charge on any atom is -0.384 e. The van der Waals surface area contributed by atoms with E-state index in [9.17, 15) is 0 Å². The smallest absolute Gasteiger partial charge is 0.162 e. The minimum atomic E-state index is 0.408. The highest BCUT2D eigenvalue weighted by molar-refractivity contribution is 5.77. The van der Waals surface area contributed by atoms with E-state index in [1.54, 1.807) is 16.8 Å². The standard InChI is InChI=1S/C20H23N9/c1-13-23-15(12-16(21)24-13)19-20(26-18-8-5-10-22-29(18)19)25-17-9-11-28(27-17)14-6-3-2-4-7-14/h5,8-12,14H,2-4,6-7H2,1H3,(H,25,27)(H2,21,23,24). The largest absolute Gasteiger partial charge is 0.384 e. The van der Waals surface area contributed by atoms with Crippen molar-refractivity contribution < 1.29 is 0 Å². The van der Waals surface area contributed by atoms with Crippen molar-refractivity contribution in [3.05, 3.63) is 42.5 Å². The Morgan fingerprint density at radius 2 is 1.97 bits per heavy atom. The maximum Gasteiger partial charge on any atom is 0.162 e. The normalized spacial score (nSPS) is 15.1. The van der Waals surface area contributed by atoms with Gasteiger partial charge in [0.2, 0.25) is 0 Å². The van der Waals surface area contributed by atoms with Gasteiger partial charge >= 0.3 is 0 Å². The van der Waals surface area contributed by atoms with E-state index in [1.165, 1.54) is 32.1 Å². The highest BCUT2D eigenvalue weighted by Crippen LogP contribution is 2.31. The van der Waals surface area contributed by atoms with Crippen LogP contribution in [0.15, 0.2) is 36.7 Å². The monoisotopic (exact) mass is 389 g/mol. The van der Waals surface area contributed by atoms with Gasteiger partial charge in [-0.25, -0.2) is 19.5 Å². The number of nitrogens with zero attached hydrogens (tertiary/aromatic N) is 7. The lowest BCUT2D eigenvalue weighted by Gasteiger charge is -2.21. The maximum absolute atomic E-state index is 5.96. The minimum absolute atomic E-state index is 0.408. The van der Waals surface area contributed by atoms with E-state index in [0.29, 0.717) is 34.8 Å². The molecule has 0 saturated heterocycles. The van der Waals surface area contributed by atoms with Gasteiger partial charge in [0.1, 0.15) is 17.3 Å². The van der Waals surface area contributed by atoms with E-state index in [0.717, 1.165) is 11.5 Å². The van der Waals surface area contributed by atoms with Crippen molar-refractivity contribution in [1.29, 1.82) is 0 Å². The molecule has 1 fully saturated rings. The average Bonchev–Trinajstić information content (AvgIpc) is 3.32. The molecule has 3 N–H and O–H groups in total. The van der Waals surface area contributed by atoms with Crippen LogP contribution in [0.3, 0.4) is 0 Å². The van der Waals surface area contributed by atoms with E-state index in [2.05, 4.69) is 25.1 Å².